The van der Waals surface area contributed by atoms with Gasteiger partial charge in [-0.3, -0.25) is 9.69 Å². The number of amides is 1. The van der Waals surface area contributed by atoms with Crippen LogP contribution in [0.1, 0.15) is 28.5 Å². The van der Waals surface area contributed by atoms with E-state index in [0.717, 1.165) is 31.6 Å². The molecule has 5 N–H and O–H groups in total. The summed E-state index contributed by atoms with van der Waals surface area (Å²) in [6, 6.07) is 5.56. The highest BCUT2D eigenvalue weighted by atomic mass is 16.1. The lowest BCUT2D eigenvalue weighted by molar-refractivity contribution is 0.100. The zero-order chi connectivity index (χ0) is 15.0. The van der Waals surface area contributed by atoms with Crippen LogP contribution in [0.4, 0.5) is 0 Å². The van der Waals surface area contributed by atoms with Gasteiger partial charge < -0.3 is 16.5 Å². The van der Waals surface area contributed by atoms with Crippen molar-refractivity contribution in [2.75, 3.05) is 13.1 Å². The third kappa shape index (κ3) is 2.50. The number of hydrogen-bond acceptors (Lipinski definition) is 2. The van der Waals surface area contributed by atoms with Gasteiger partial charge in [-0.15, -0.1) is 0 Å². The molecule has 0 atom stereocenters. The van der Waals surface area contributed by atoms with Gasteiger partial charge in [0.2, 0.25) is 0 Å². The van der Waals surface area contributed by atoms with Crippen LogP contribution in [0.5, 0.6) is 0 Å². The highest BCUT2D eigenvalue weighted by molar-refractivity contribution is 6.04. The lowest BCUT2D eigenvalue weighted by atomic mass is 10.0. The number of aliphatic imine (C=N–C) groups is 1. The number of nitrogens with two attached hydrogens (primary N) is 2. The van der Waals surface area contributed by atoms with E-state index < -0.39 is 5.91 Å². The summed E-state index contributed by atoms with van der Waals surface area (Å²) < 4.78 is 0. The van der Waals surface area contributed by atoms with Gasteiger partial charge in [0.05, 0.1) is 0 Å². The summed E-state index contributed by atoms with van der Waals surface area (Å²) >= 11 is 0. The van der Waals surface area contributed by atoms with E-state index in [0.29, 0.717) is 5.56 Å². The predicted octanol–water partition coefficient (Wildman–Crippen LogP) is 0.960. The molecule has 1 aliphatic rings. The molecule has 2 aromatic rings. The first-order chi connectivity index (χ1) is 10.1. The molecule has 0 aliphatic carbocycles. The third-order valence-corrected chi connectivity index (χ3v) is 3.98. The van der Waals surface area contributed by atoms with Crippen molar-refractivity contribution in [3.05, 3.63) is 35.0 Å². The maximum Gasteiger partial charge on any atom is 0.280 e. The lowest BCUT2D eigenvalue weighted by Crippen LogP contribution is -2.29. The van der Waals surface area contributed by atoms with Crippen molar-refractivity contribution in [2.45, 2.75) is 19.9 Å². The van der Waals surface area contributed by atoms with Crippen molar-refractivity contribution in [1.82, 2.24) is 9.88 Å². The largest absolute Gasteiger partial charge is 0.370 e. The van der Waals surface area contributed by atoms with Crippen LogP contribution in [-0.4, -0.2) is 34.8 Å². The number of rotatable bonds is 2. The minimum Gasteiger partial charge on any atom is -0.370 e. The molecule has 2 heterocycles. The Morgan fingerprint density at radius 3 is 2.95 bits per heavy atom. The molecule has 1 aromatic carbocycles. The number of carbonyl (C=O) groups excluding carboxylic acids is 1. The van der Waals surface area contributed by atoms with Gasteiger partial charge >= 0.3 is 0 Å². The van der Waals surface area contributed by atoms with Crippen LogP contribution in [0.25, 0.3) is 10.9 Å². The minimum atomic E-state index is -0.417. The summed E-state index contributed by atoms with van der Waals surface area (Å²) in [5.74, 6) is -0.635. The normalized spacial score (nSPS) is 14.9. The maximum absolute atomic E-state index is 11.9. The smallest absolute Gasteiger partial charge is 0.280 e. The number of aromatic amines is 1. The van der Waals surface area contributed by atoms with E-state index in [-0.39, 0.29) is 5.96 Å². The molecule has 21 heavy (non-hydrogen) atoms. The van der Waals surface area contributed by atoms with E-state index in [1.165, 1.54) is 16.6 Å². The van der Waals surface area contributed by atoms with Crippen molar-refractivity contribution >= 4 is 22.8 Å². The van der Waals surface area contributed by atoms with Crippen LogP contribution < -0.4 is 11.5 Å². The number of fused-ring (bicyclic) bond motifs is 3. The van der Waals surface area contributed by atoms with Crippen molar-refractivity contribution in [1.29, 1.82) is 0 Å². The van der Waals surface area contributed by atoms with Crippen LogP contribution in [-0.2, 0) is 13.0 Å². The van der Waals surface area contributed by atoms with Gasteiger partial charge in [0.25, 0.3) is 5.91 Å². The molecule has 1 amide bonds. The summed E-state index contributed by atoms with van der Waals surface area (Å²) in [7, 11) is 0. The topological polar surface area (TPSA) is 100 Å². The number of nitrogens with one attached hydrogen (secondary N) is 1. The summed E-state index contributed by atoms with van der Waals surface area (Å²) in [5, 5.41) is 1.17. The van der Waals surface area contributed by atoms with Crippen molar-refractivity contribution in [3.63, 3.8) is 0 Å². The summed E-state index contributed by atoms with van der Waals surface area (Å²) in [4.78, 5) is 21.3. The lowest BCUT2D eigenvalue weighted by Gasteiger charge is -2.25. The number of likely N-dealkylation sites (N-methyl/N-ethyl adjacent to an activating group) is 1. The van der Waals surface area contributed by atoms with E-state index in [9.17, 15) is 4.79 Å². The molecule has 0 bridgehead atoms. The molecule has 6 heteroatoms. The number of nitrogens with zero attached hydrogens (tertiary/aromatic N) is 2. The Kier molecular flexibility index (Phi) is 3.39. The number of hydrogen-bond donors (Lipinski definition) is 3. The second-order valence-corrected chi connectivity index (χ2v) is 5.30. The molecule has 0 spiro atoms. The van der Waals surface area contributed by atoms with Crippen LogP contribution in [0, 0.1) is 0 Å². The minimum absolute atomic E-state index is 0.218. The Hall–Kier alpha value is -2.34. The molecule has 1 aromatic heterocycles. The van der Waals surface area contributed by atoms with E-state index in [4.69, 9.17) is 11.5 Å². The Balaban J connectivity index is 2.01. The van der Waals surface area contributed by atoms with E-state index in [1.807, 2.05) is 12.1 Å². The van der Waals surface area contributed by atoms with Gasteiger partial charge in [0, 0.05) is 41.7 Å². The summed E-state index contributed by atoms with van der Waals surface area (Å²) in [6.07, 6.45) is 1.01. The van der Waals surface area contributed by atoms with Crippen LogP contribution in [0.15, 0.2) is 23.2 Å². The second-order valence-electron chi connectivity index (χ2n) is 5.30. The van der Waals surface area contributed by atoms with E-state index >= 15 is 0 Å². The van der Waals surface area contributed by atoms with Gasteiger partial charge in [0.15, 0.2) is 5.96 Å². The monoisotopic (exact) mass is 285 g/mol. The molecule has 1 aliphatic heterocycles. The fourth-order valence-electron chi connectivity index (χ4n) is 2.86. The average Bonchev–Trinajstić information content (AvgIpc) is 2.83. The predicted molar refractivity (Wildman–Crippen MR) is 83.1 cm³/mol. The Labute approximate surface area is 122 Å². The third-order valence-electron chi connectivity index (χ3n) is 3.98. The molecule has 110 valence electrons. The number of benzene rings is 1. The molecule has 3 rings (SSSR count). The molecule has 0 saturated heterocycles. The second kappa shape index (κ2) is 5.21. The quantitative estimate of drug-likeness (QED) is 0.565. The number of carbonyl (C=O) groups is 1. The van der Waals surface area contributed by atoms with Crippen LogP contribution >= 0.6 is 0 Å². The first-order valence-electron chi connectivity index (χ1n) is 7.08. The standard InChI is InChI=1S/C15H19N5O/c1-2-20-6-5-12-11(8-20)10-4-3-9(7-13(10)18-12)14(21)19-15(16)17/h3-4,7,18H,2,5-6,8H2,1H3,(H4,16,17,19,21). The molecule has 0 saturated carbocycles. The van der Waals surface area contributed by atoms with Gasteiger partial charge in [0.1, 0.15) is 0 Å². The highest BCUT2D eigenvalue weighted by Gasteiger charge is 2.20. The van der Waals surface area contributed by atoms with Gasteiger partial charge in [-0.2, -0.15) is 4.99 Å². The van der Waals surface area contributed by atoms with Gasteiger partial charge in [-0.25, -0.2) is 0 Å². The molecular weight excluding hydrogens is 266 g/mol. The number of H-pyrrole nitrogens is 1. The van der Waals surface area contributed by atoms with Gasteiger partial charge in [-0.1, -0.05) is 13.0 Å². The first kappa shape index (κ1) is 13.6. The summed E-state index contributed by atoms with van der Waals surface area (Å²) in [6.45, 7) is 5.24. The fourth-order valence-corrected chi connectivity index (χ4v) is 2.86. The summed E-state index contributed by atoms with van der Waals surface area (Å²) in [5.41, 5.74) is 14.5. The van der Waals surface area contributed by atoms with E-state index in [1.54, 1.807) is 6.07 Å². The zero-order valence-corrected chi connectivity index (χ0v) is 12.0. The maximum atomic E-state index is 11.9. The van der Waals surface area contributed by atoms with Crippen molar-refractivity contribution < 1.29 is 4.79 Å². The van der Waals surface area contributed by atoms with Crippen LogP contribution in [0.3, 0.4) is 0 Å². The van der Waals surface area contributed by atoms with Crippen LogP contribution in [0.2, 0.25) is 0 Å². The first-order valence-corrected chi connectivity index (χ1v) is 7.08. The Morgan fingerprint density at radius 2 is 2.24 bits per heavy atom. The fraction of sp³-hybridized carbons (Fsp3) is 0.333. The zero-order valence-electron chi connectivity index (χ0n) is 12.0. The number of aromatic nitrogens is 1. The Morgan fingerprint density at radius 1 is 1.43 bits per heavy atom. The highest BCUT2D eigenvalue weighted by Crippen LogP contribution is 2.28. The van der Waals surface area contributed by atoms with Gasteiger partial charge in [-0.05, 0) is 24.2 Å². The van der Waals surface area contributed by atoms with Crippen molar-refractivity contribution in [3.8, 4) is 0 Å². The Bertz CT molecular complexity index is 727. The molecule has 6 nitrogen and oxygen atoms in total. The molecule has 0 unspecified atom stereocenters. The molecular formula is C15H19N5O. The van der Waals surface area contributed by atoms with Crippen molar-refractivity contribution in [2.24, 2.45) is 16.5 Å². The molecule has 0 radical (unpaired) electrons. The average molecular weight is 285 g/mol. The SMILES string of the molecule is CCN1CCc2[nH]c3cc(C(=O)N=C(N)N)ccc3c2C1. The molecule has 0 fully saturated rings. The number of guanidine groups is 1. The van der Waals surface area contributed by atoms with E-state index in [2.05, 4.69) is 21.8 Å².